The number of nitrogens with one attached hydrogen (secondary N) is 3. The van der Waals surface area contributed by atoms with Gasteiger partial charge in [0.1, 0.15) is 11.6 Å². The van der Waals surface area contributed by atoms with Crippen LogP contribution in [0.1, 0.15) is 22.4 Å². The summed E-state index contributed by atoms with van der Waals surface area (Å²) in [6.45, 7) is 2.00. The fourth-order valence-corrected chi connectivity index (χ4v) is 2.80. The summed E-state index contributed by atoms with van der Waals surface area (Å²) >= 11 is 5.72. The average molecular weight is 413 g/mol. The molecule has 0 aliphatic rings. The van der Waals surface area contributed by atoms with Gasteiger partial charge in [-0.2, -0.15) is 0 Å². The second-order valence-corrected chi connectivity index (χ2v) is 6.68. The van der Waals surface area contributed by atoms with Crippen LogP contribution < -0.4 is 16.4 Å². The number of carbonyl (C=O) groups excluding carboxylic acids is 1. The van der Waals surface area contributed by atoms with Gasteiger partial charge >= 0.3 is 6.03 Å². The Labute approximate surface area is 171 Å². The summed E-state index contributed by atoms with van der Waals surface area (Å²) in [5, 5.41) is 13.5. The maximum Gasteiger partial charge on any atom is 0.320 e. The van der Waals surface area contributed by atoms with Crippen LogP contribution in [0.25, 0.3) is 0 Å². The number of carbonyl (C=O) groups is 1. The first-order valence-electron chi connectivity index (χ1n) is 8.59. The van der Waals surface area contributed by atoms with E-state index in [-0.39, 0.29) is 23.1 Å². The molecular formula is C20H18ClFN6O. The van der Waals surface area contributed by atoms with Gasteiger partial charge in [0.2, 0.25) is 0 Å². The Morgan fingerprint density at radius 1 is 1.24 bits per heavy atom. The third-order valence-electron chi connectivity index (χ3n) is 4.07. The second-order valence-electron chi connectivity index (χ2n) is 6.27. The molecule has 148 valence electrons. The van der Waals surface area contributed by atoms with E-state index in [1.165, 1.54) is 30.5 Å². The summed E-state index contributed by atoms with van der Waals surface area (Å²) in [4.78, 5) is 20.3. The lowest BCUT2D eigenvalue weighted by Gasteiger charge is -2.11. The van der Waals surface area contributed by atoms with Gasteiger partial charge in [-0.25, -0.2) is 14.2 Å². The molecule has 0 saturated carbocycles. The number of benzene rings is 1. The van der Waals surface area contributed by atoms with Crippen LogP contribution in [0, 0.1) is 18.2 Å². The molecule has 0 saturated heterocycles. The van der Waals surface area contributed by atoms with Crippen LogP contribution in [-0.4, -0.2) is 21.7 Å². The first-order valence-corrected chi connectivity index (χ1v) is 8.97. The maximum absolute atomic E-state index is 13.2. The van der Waals surface area contributed by atoms with Gasteiger partial charge in [-0.15, -0.1) is 0 Å². The molecule has 0 radical (unpaired) electrons. The zero-order chi connectivity index (χ0) is 21.0. The van der Waals surface area contributed by atoms with Crippen molar-refractivity contribution in [1.29, 1.82) is 5.41 Å². The molecule has 0 fully saturated rings. The van der Waals surface area contributed by atoms with Gasteiger partial charge in [0.05, 0.1) is 10.7 Å². The molecule has 3 aromatic rings. The van der Waals surface area contributed by atoms with Crippen LogP contribution in [-0.2, 0) is 6.54 Å². The number of aryl methyl sites for hydroxylation is 1. The number of hydrogen-bond acceptors (Lipinski definition) is 5. The van der Waals surface area contributed by atoms with Crippen molar-refractivity contribution in [3.63, 3.8) is 0 Å². The monoisotopic (exact) mass is 412 g/mol. The summed E-state index contributed by atoms with van der Waals surface area (Å²) in [5.74, 6) is -0.285. The average Bonchev–Trinajstić information content (AvgIpc) is 2.68. The van der Waals surface area contributed by atoms with Gasteiger partial charge in [-0.05, 0) is 36.8 Å². The van der Waals surface area contributed by atoms with E-state index in [4.69, 9.17) is 22.7 Å². The number of nitrogen functional groups attached to an aromatic ring is 1. The van der Waals surface area contributed by atoms with Crippen LogP contribution >= 0.6 is 11.6 Å². The highest BCUT2D eigenvalue weighted by Crippen LogP contribution is 2.19. The lowest BCUT2D eigenvalue weighted by molar-refractivity contribution is 0.251. The standard InChI is InChI=1S/C20H18ClFN6O/c1-11-6-13(4-5-25-11)19(24)14-10-26-18(8-17(14)23)28-20(29)27-9-12-2-3-16(22)15(21)7-12/h2-8,10,24H,9H2,1H3,(H4,23,26,27,28,29). The number of urea groups is 1. The molecule has 0 spiro atoms. The Balaban J connectivity index is 1.64. The molecule has 29 heavy (non-hydrogen) atoms. The fraction of sp³-hybridized carbons (Fsp3) is 0.100. The first kappa shape index (κ1) is 20.2. The Morgan fingerprint density at radius 3 is 2.72 bits per heavy atom. The lowest BCUT2D eigenvalue weighted by atomic mass is 10.0. The van der Waals surface area contributed by atoms with E-state index in [1.54, 1.807) is 18.3 Å². The number of pyridine rings is 2. The highest BCUT2D eigenvalue weighted by Gasteiger charge is 2.12. The number of nitrogens with zero attached hydrogens (tertiary/aromatic N) is 2. The van der Waals surface area contributed by atoms with Gasteiger partial charge in [0, 0.05) is 47.5 Å². The molecular weight excluding hydrogens is 395 g/mol. The van der Waals surface area contributed by atoms with Crippen molar-refractivity contribution >= 4 is 34.8 Å². The molecule has 2 heterocycles. The number of amides is 2. The first-order chi connectivity index (χ1) is 13.8. The molecule has 7 nitrogen and oxygen atoms in total. The minimum absolute atomic E-state index is 0.0124. The van der Waals surface area contributed by atoms with Crippen LogP contribution in [0.2, 0.25) is 5.02 Å². The number of rotatable bonds is 5. The summed E-state index contributed by atoms with van der Waals surface area (Å²) in [7, 11) is 0. The van der Waals surface area contributed by atoms with Crippen LogP contribution in [0.4, 0.5) is 20.7 Å². The molecule has 0 atom stereocenters. The van der Waals surface area contributed by atoms with Gasteiger partial charge in [0.25, 0.3) is 0 Å². The van der Waals surface area contributed by atoms with E-state index in [0.717, 1.165) is 5.69 Å². The van der Waals surface area contributed by atoms with Gasteiger partial charge in [0.15, 0.2) is 0 Å². The highest BCUT2D eigenvalue weighted by molar-refractivity contribution is 6.30. The number of hydrogen-bond donors (Lipinski definition) is 4. The number of aromatic nitrogens is 2. The normalized spacial score (nSPS) is 10.4. The van der Waals surface area contributed by atoms with Gasteiger partial charge < -0.3 is 11.1 Å². The Morgan fingerprint density at radius 2 is 2.03 bits per heavy atom. The number of halogens is 2. The van der Waals surface area contributed by atoms with E-state index in [9.17, 15) is 9.18 Å². The summed E-state index contributed by atoms with van der Waals surface area (Å²) in [5.41, 5.74) is 9.12. The van der Waals surface area contributed by atoms with Gasteiger partial charge in [-0.1, -0.05) is 17.7 Å². The lowest BCUT2D eigenvalue weighted by Crippen LogP contribution is -2.28. The van der Waals surface area contributed by atoms with E-state index in [1.807, 2.05) is 6.92 Å². The minimum Gasteiger partial charge on any atom is -0.398 e. The summed E-state index contributed by atoms with van der Waals surface area (Å²) in [6, 6.07) is 8.67. The molecule has 1 aromatic carbocycles. The second kappa shape index (κ2) is 8.66. The van der Waals surface area contributed by atoms with E-state index < -0.39 is 11.8 Å². The largest absolute Gasteiger partial charge is 0.398 e. The van der Waals surface area contributed by atoms with E-state index in [2.05, 4.69) is 20.6 Å². The predicted molar refractivity (Wildman–Crippen MR) is 111 cm³/mol. The highest BCUT2D eigenvalue weighted by atomic mass is 35.5. The van der Waals surface area contributed by atoms with Crippen molar-refractivity contribution < 1.29 is 9.18 Å². The molecule has 0 aliphatic carbocycles. The molecule has 0 unspecified atom stereocenters. The third kappa shape index (κ3) is 5.05. The van der Waals surface area contributed by atoms with Crippen molar-refractivity contribution in [2.45, 2.75) is 13.5 Å². The molecule has 2 aromatic heterocycles. The molecule has 2 amide bonds. The predicted octanol–water partition coefficient (Wildman–Crippen LogP) is 3.90. The topological polar surface area (TPSA) is 117 Å². The molecule has 0 bridgehead atoms. The van der Waals surface area contributed by atoms with E-state index in [0.29, 0.717) is 22.4 Å². The zero-order valence-corrected chi connectivity index (χ0v) is 16.2. The zero-order valence-electron chi connectivity index (χ0n) is 15.5. The molecule has 0 aliphatic heterocycles. The fourth-order valence-electron chi connectivity index (χ4n) is 2.60. The van der Waals surface area contributed by atoms with Crippen molar-refractivity contribution in [3.05, 3.63) is 82.0 Å². The minimum atomic E-state index is -0.521. The molecule has 3 rings (SSSR count). The summed E-state index contributed by atoms with van der Waals surface area (Å²) in [6.07, 6.45) is 3.06. The molecule has 5 N–H and O–H groups in total. The van der Waals surface area contributed by atoms with Crippen molar-refractivity contribution in [2.24, 2.45) is 0 Å². The maximum atomic E-state index is 13.2. The van der Waals surface area contributed by atoms with Crippen LogP contribution in [0.3, 0.4) is 0 Å². The van der Waals surface area contributed by atoms with Gasteiger partial charge in [-0.3, -0.25) is 15.7 Å². The van der Waals surface area contributed by atoms with Crippen LogP contribution in [0.5, 0.6) is 0 Å². The van der Waals surface area contributed by atoms with Crippen molar-refractivity contribution in [1.82, 2.24) is 15.3 Å². The quantitative estimate of drug-likeness (QED) is 0.475. The number of anilines is 2. The SMILES string of the molecule is Cc1cc(C(=N)c2cnc(NC(=O)NCc3ccc(F)c(Cl)c3)cc2N)ccn1. The van der Waals surface area contributed by atoms with Crippen molar-refractivity contribution in [2.75, 3.05) is 11.1 Å². The van der Waals surface area contributed by atoms with Crippen LogP contribution in [0.15, 0.2) is 48.8 Å². The smallest absolute Gasteiger partial charge is 0.320 e. The van der Waals surface area contributed by atoms with E-state index >= 15 is 0 Å². The summed E-state index contributed by atoms with van der Waals surface area (Å²) < 4.78 is 13.2. The molecule has 9 heteroatoms. The Kier molecular flexibility index (Phi) is 6.04. The third-order valence-corrected chi connectivity index (χ3v) is 4.36. The number of nitrogens with two attached hydrogens (primary N) is 1. The Bertz CT molecular complexity index is 1090. The Hall–Kier alpha value is -3.52. The van der Waals surface area contributed by atoms with Crippen molar-refractivity contribution in [3.8, 4) is 0 Å².